The van der Waals surface area contributed by atoms with Crippen molar-refractivity contribution in [2.24, 2.45) is 5.92 Å². The van der Waals surface area contributed by atoms with Crippen LogP contribution in [0, 0.1) is 5.92 Å². The average molecular weight is 517 g/mol. The lowest BCUT2D eigenvalue weighted by Crippen LogP contribution is -2.36. The van der Waals surface area contributed by atoms with Crippen LogP contribution in [0.5, 0.6) is 11.5 Å². The smallest absolute Gasteiger partial charge is 0.258 e. The number of methoxy groups -OCH3 is 1. The minimum atomic E-state index is -0.514. The number of anilines is 2. The summed E-state index contributed by atoms with van der Waals surface area (Å²) < 4.78 is 11.2. The maximum absolute atomic E-state index is 12.9. The quantitative estimate of drug-likeness (QED) is 0.337. The first-order valence-corrected chi connectivity index (χ1v) is 12.5. The van der Waals surface area contributed by atoms with Crippen LogP contribution in [-0.4, -0.2) is 38.0 Å². The van der Waals surface area contributed by atoms with Crippen molar-refractivity contribution in [3.63, 3.8) is 0 Å². The molecule has 9 nitrogen and oxygen atoms in total. The Morgan fingerprint density at radius 2 is 1.74 bits per heavy atom. The van der Waals surface area contributed by atoms with E-state index in [0.29, 0.717) is 24.5 Å². The molecular formula is C29H32N4O5. The van der Waals surface area contributed by atoms with Crippen molar-refractivity contribution in [1.29, 1.82) is 0 Å². The van der Waals surface area contributed by atoms with Crippen molar-refractivity contribution in [1.82, 2.24) is 10.7 Å². The van der Waals surface area contributed by atoms with Crippen LogP contribution in [0.15, 0.2) is 72.8 Å². The second-order valence-corrected chi connectivity index (χ2v) is 8.93. The molecule has 1 saturated heterocycles. The lowest BCUT2D eigenvalue weighted by molar-refractivity contribution is -0.126. The fourth-order valence-corrected chi connectivity index (χ4v) is 4.18. The van der Waals surface area contributed by atoms with Crippen LogP contribution in [0.4, 0.5) is 11.4 Å². The number of amides is 3. The summed E-state index contributed by atoms with van der Waals surface area (Å²) in [6.07, 6.45) is 1.03. The highest BCUT2D eigenvalue weighted by Crippen LogP contribution is 2.35. The van der Waals surface area contributed by atoms with Crippen LogP contribution in [0.2, 0.25) is 0 Å². The summed E-state index contributed by atoms with van der Waals surface area (Å²) in [6.45, 7) is 2.51. The van der Waals surface area contributed by atoms with Gasteiger partial charge in [0.05, 0.1) is 18.7 Å². The highest BCUT2D eigenvalue weighted by atomic mass is 16.5. The van der Waals surface area contributed by atoms with Gasteiger partial charge in [-0.2, -0.15) is 0 Å². The maximum Gasteiger partial charge on any atom is 0.258 e. The van der Waals surface area contributed by atoms with Crippen molar-refractivity contribution in [2.75, 3.05) is 30.6 Å². The first kappa shape index (κ1) is 26.5. The molecule has 1 heterocycles. The van der Waals surface area contributed by atoms with E-state index in [0.717, 1.165) is 17.7 Å². The predicted octanol–water partition coefficient (Wildman–Crippen LogP) is 3.45. The third-order valence-corrected chi connectivity index (χ3v) is 6.35. The third-order valence-electron chi connectivity index (χ3n) is 6.35. The maximum atomic E-state index is 12.9. The van der Waals surface area contributed by atoms with Crippen molar-refractivity contribution >= 4 is 29.1 Å². The molecule has 0 spiro atoms. The number of hydrogen-bond acceptors (Lipinski definition) is 6. The molecule has 1 aliphatic heterocycles. The summed E-state index contributed by atoms with van der Waals surface area (Å²) in [5.74, 6) is -0.546. The first-order chi connectivity index (χ1) is 18.5. The van der Waals surface area contributed by atoms with E-state index >= 15 is 0 Å². The van der Waals surface area contributed by atoms with E-state index in [1.54, 1.807) is 23.1 Å². The number of nitrogens with zero attached hydrogens (tertiary/aromatic N) is 1. The van der Waals surface area contributed by atoms with Gasteiger partial charge in [0.25, 0.3) is 5.91 Å². The van der Waals surface area contributed by atoms with Crippen LogP contribution in [0.25, 0.3) is 0 Å². The molecule has 4 rings (SSSR count). The molecule has 0 radical (unpaired) electrons. The van der Waals surface area contributed by atoms with Gasteiger partial charge in [0, 0.05) is 25.2 Å². The molecule has 3 aromatic rings. The number of carbonyl (C=O) groups is 3. The summed E-state index contributed by atoms with van der Waals surface area (Å²) in [6, 6.07) is 22.5. The van der Waals surface area contributed by atoms with E-state index in [2.05, 4.69) is 23.1 Å². The summed E-state index contributed by atoms with van der Waals surface area (Å²) in [7, 11) is 1.49. The molecule has 198 valence electrons. The Labute approximate surface area is 222 Å². The molecule has 0 bridgehead atoms. The number of ether oxygens (including phenoxy) is 2. The lowest BCUT2D eigenvalue weighted by atomic mass is 10.1. The van der Waals surface area contributed by atoms with Crippen LogP contribution in [-0.2, 0) is 27.3 Å². The molecule has 1 aliphatic rings. The number of aryl methyl sites for hydroxylation is 1. The Balaban J connectivity index is 1.34. The lowest BCUT2D eigenvalue weighted by Gasteiger charge is -2.19. The van der Waals surface area contributed by atoms with E-state index in [1.165, 1.54) is 12.7 Å². The molecule has 0 saturated carbocycles. The summed E-state index contributed by atoms with van der Waals surface area (Å²) in [4.78, 5) is 39.5. The zero-order valence-electron chi connectivity index (χ0n) is 21.5. The molecule has 3 amide bonds. The van der Waals surface area contributed by atoms with Crippen molar-refractivity contribution in [2.45, 2.75) is 26.3 Å². The Morgan fingerprint density at radius 1 is 0.974 bits per heavy atom. The number of para-hydroxylation sites is 1. The van der Waals surface area contributed by atoms with Gasteiger partial charge in [0.1, 0.15) is 0 Å². The summed E-state index contributed by atoms with van der Waals surface area (Å²) in [5, 5.41) is 2.81. The van der Waals surface area contributed by atoms with Gasteiger partial charge in [-0.15, -0.1) is 0 Å². The van der Waals surface area contributed by atoms with Crippen LogP contribution in [0.1, 0.15) is 24.5 Å². The molecular weight excluding hydrogens is 484 g/mol. The zero-order chi connectivity index (χ0) is 26.9. The number of hydrazine groups is 1. The summed E-state index contributed by atoms with van der Waals surface area (Å²) in [5.41, 5.74) is 8.90. The zero-order valence-corrected chi connectivity index (χ0v) is 21.5. The molecule has 0 aliphatic carbocycles. The molecule has 38 heavy (non-hydrogen) atoms. The second-order valence-electron chi connectivity index (χ2n) is 8.93. The van der Waals surface area contributed by atoms with E-state index in [-0.39, 0.29) is 36.5 Å². The van der Waals surface area contributed by atoms with Gasteiger partial charge in [-0.3, -0.25) is 25.2 Å². The Kier molecular flexibility index (Phi) is 8.81. The van der Waals surface area contributed by atoms with Crippen molar-refractivity contribution < 1.29 is 23.9 Å². The topological polar surface area (TPSA) is 109 Å². The molecule has 0 aromatic heterocycles. The number of hydrogen-bond donors (Lipinski definition) is 3. The van der Waals surface area contributed by atoms with Gasteiger partial charge in [0.2, 0.25) is 11.8 Å². The molecule has 1 atom stereocenters. The van der Waals surface area contributed by atoms with E-state index < -0.39 is 5.92 Å². The van der Waals surface area contributed by atoms with E-state index in [1.807, 2.05) is 54.6 Å². The monoisotopic (exact) mass is 516 g/mol. The number of rotatable bonds is 11. The third kappa shape index (κ3) is 6.61. The van der Waals surface area contributed by atoms with Gasteiger partial charge >= 0.3 is 0 Å². The largest absolute Gasteiger partial charge is 0.493 e. The van der Waals surface area contributed by atoms with E-state index in [4.69, 9.17) is 9.47 Å². The van der Waals surface area contributed by atoms with Crippen LogP contribution in [0.3, 0.4) is 0 Å². The number of carbonyl (C=O) groups excluding carboxylic acids is 3. The Morgan fingerprint density at radius 3 is 2.45 bits per heavy atom. The number of nitrogens with one attached hydrogen (secondary N) is 3. The van der Waals surface area contributed by atoms with Crippen molar-refractivity contribution in [3.05, 3.63) is 83.9 Å². The van der Waals surface area contributed by atoms with Gasteiger partial charge < -0.3 is 19.7 Å². The molecule has 1 fully saturated rings. The highest BCUT2D eigenvalue weighted by molar-refractivity contribution is 6.00. The van der Waals surface area contributed by atoms with Gasteiger partial charge in [0.15, 0.2) is 18.1 Å². The van der Waals surface area contributed by atoms with Gasteiger partial charge in [-0.05, 0) is 41.8 Å². The number of benzene rings is 3. The standard InChI is InChI=1S/C29H32N4O5/c1-3-20-12-14-23(15-13-20)33-18-22(16-27(33)35)29(36)32-31-24-10-7-11-25(37-2)28(24)38-19-26(34)30-17-21-8-5-4-6-9-21/h4-15,22,31H,3,16-19H2,1-2H3,(H,30,34)(H,32,36)/t22-/m0/s1. The minimum Gasteiger partial charge on any atom is -0.493 e. The fourth-order valence-electron chi connectivity index (χ4n) is 4.18. The first-order valence-electron chi connectivity index (χ1n) is 12.5. The highest BCUT2D eigenvalue weighted by Gasteiger charge is 2.35. The molecule has 3 N–H and O–H groups in total. The Bertz CT molecular complexity index is 1260. The predicted molar refractivity (Wildman–Crippen MR) is 145 cm³/mol. The fraction of sp³-hybridized carbons (Fsp3) is 0.276. The second kappa shape index (κ2) is 12.6. The average Bonchev–Trinajstić information content (AvgIpc) is 3.35. The van der Waals surface area contributed by atoms with E-state index in [9.17, 15) is 14.4 Å². The van der Waals surface area contributed by atoms with Gasteiger partial charge in [-0.25, -0.2) is 0 Å². The molecule has 9 heteroatoms. The van der Waals surface area contributed by atoms with Gasteiger partial charge in [-0.1, -0.05) is 55.5 Å². The Hall–Kier alpha value is -4.53. The van der Waals surface area contributed by atoms with Crippen molar-refractivity contribution in [3.8, 4) is 11.5 Å². The summed E-state index contributed by atoms with van der Waals surface area (Å²) >= 11 is 0. The molecule has 3 aromatic carbocycles. The van der Waals surface area contributed by atoms with Crippen LogP contribution < -0.4 is 30.5 Å². The normalized spacial score (nSPS) is 14.6. The molecule has 0 unspecified atom stereocenters. The minimum absolute atomic E-state index is 0.0960. The SMILES string of the molecule is CCc1ccc(N2C[C@@H](C(=O)NNc3cccc(OC)c3OCC(=O)NCc3ccccc3)CC2=O)cc1. The van der Waals surface area contributed by atoms with Crippen LogP contribution >= 0.6 is 0 Å².